The summed E-state index contributed by atoms with van der Waals surface area (Å²) in [6.07, 6.45) is 5.54. The molecule has 5 rings (SSSR count). The van der Waals surface area contributed by atoms with E-state index < -0.39 is 6.03 Å². The Bertz CT molecular complexity index is 1090. The number of rotatable bonds is 3. The molecule has 2 aliphatic heterocycles. The van der Waals surface area contributed by atoms with Gasteiger partial charge in [-0.25, -0.2) is 4.79 Å². The predicted octanol–water partition coefficient (Wildman–Crippen LogP) is 2.81. The number of benzene rings is 1. The molecular weight excluding hydrogens is 546 g/mol. The van der Waals surface area contributed by atoms with Crippen LogP contribution in [0.4, 0.5) is 4.79 Å². The lowest BCUT2D eigenvalue weighted by atomic mass is 9.83. The molecule has 36 heavy (non-hydrogen) atoms. The van der Waals surface area contributed by atoms with Gasteiger partial charge in [0, 0.05) is 60.8 Å². The van der Waals surface area contributed by atoms with Crippen LogP contribution in [0, 0.1) is 11.1 Å². The van der Waals surface area contributed by atoms with Crippen molar-refractivity contribution < 1.29 is 15.1 Å². The Balaban J connectivity index is 1.41. The summed E-state index contributed by atoms with van der Waals surface area (Å²) in [4.78, 5) is 33.9. The molecule has 2 unspecified atom stereocenters. The molecule has 3 amide bonds. The van der Waals surface area contributed by atoms with Crippen LogP contribution in [0.5, 0.6) is 0 Å². The molecule has 2 aromatic rings. The Morgan fingerprint density at radius 1 is 1.17 bits per heavy atom. The standard InChI is InChI=1S/C26H31BrClN5O3/c27-19-12-18-2-1-17-13-20(28)3-4-21(17)24(25(18)30-14-19)22-15-29-7-10-33(22)23(34)11-16-5-8-32(9-6-16)26(35)31-36/h3-4,12-14,16,22,24,29H,1-2,5-11,15,31H2. The van der Waals surface area contributed by atoms with Crippen molar-refractivity contribution in [2.24, 2.45) is 5.92 Å². The van der Waals surface area contributed by atoms with Crippen molar-refractivity contribution in [3.8, 4) is 0 Å². The summed E-state index contributed by atoms with van der Waals surface area (Å²) >= 11 is 9.97. The summed E-state index contributed by atoms with van der Waals surface area (Å²) in [5, 5.41) is 15.1. The monoisotopic (exact) mass is 575 g/mol. The fraction of sp³-hybridized carbons (Fsp3) is 0.500. The van der Waals surface area contributed by atoms with Gasteiger partial charge < -0.3 is 20.9 Å². The Hall–Kier alpha value is -2.04. The number of carbonyl (C=O) groups is 2. The minimum atomic E-state index is -0.466. The van der Waals surface area contributed by atoms with E-state index in [-0.39, 0.29) is 23.8 Å². The number of nitrogens with one attached hydrogen (secondary N) is 1. The Morgan fingerprint density at radius 3 is 2.72 bits per heavy atom. The number of fused-ring (bicyclic) bond motifs is 2. The normalized spacial score (nSPS) is 22.5. The molecule has 0 spiro atoms. The first-order chi connectivity index (χ1) is 17.4. The van der Waals surface area contributed by atoms with Crippen molar-refractivity contribution in [3.05, 3.63) is 67.5 Å². The molecule has 0 saturated carbocycles. The molecule has 3 N–H and O–H groups in total. The van der Waals surface area contributed by atoms with Gasteiger partial charge in [-0.05, 0) is 82.4 Å². The number of aryl methyl sites for hydroxylation is 2. The summed E-state index contributed by atoms with van der Waals surface area (Å²) in [5.74, 6) is 0.317. The number of piperidine rings is 1. The number of quaternary nitrogens is 1. The third-order valence-corrected chi connectivity index (χ3v) is 8.51. The Morgan fingerprint density at radius 2 is 1.94 bits per heavy atom. The van der Waals surface area contributed by atoms with Crippen molar-refractivity contribution in [2.45, 2.75) is 44.1 Å². The van der Waals surface area contributed by atoms with Gasteiger partial charge in [0.05, 0.1) is 11.7 Å². The Kier molecular flexibility index (Phi) is 7.93. The summed E-state index contributed by atoms with van der Waals surface area (Å²) in [6, 6.07) is 7.73. The van der Waals surface area contributed by atoms with Crippen LogP contribution in [0.15, 0.2) is 34.9 Å². The quantitative estimate of drug-likeness (QED) is 0.547. The molecule has 0 bridgehead atoms. The molecule has 1 aromatic carbocycles. The predicted molar refractivity (Wildman–Crippen MR) is 141 cm³/mol. The minimum absolute atomic E-state index is 0.0494. The molecule has 3 aliphatic rings. The first-order valence-electron chi connectivity index (χ1n) is 12.6. The number of hydroxylamine groups is 1. The lowest BCUT2D eigenvalue weighted by molar-refractivity contribution is -0.491. The highest BCUT2D eigenvalue weighted by atomic mass is 79.9. The van der Waals surface area contributed by atoms with Gasteiger partial charge in [0.1, 0.15) is 0 Å². The number of pyridine rings is 1. The third-order valence-electron chi connectivity index (χ3n) is 7.85. The Labute approximate surface area is 224 Å². The number of primary amides is 1. The molecule has 8 nitrogen and oxygen atoms in total. The highest BCUT2D eigenvalue weighted by Gasteiger charge is 2.39. The zero-order chi connectivity index (χ0) is 25.2. The van der Waals surface area contributed by atoms with Crippen LogP contribution in [0.25, 0.3) is 0 Å². The fourth-order valence-corrected chi connectivity index (χ4v) is 6.57. The van der Waals surface area contributed by atoms with Gasteiger partial charge in [0.15, 0.2) is 0 Å². The maximum Gasteiger partial charge on any atom is 0.415 e. The van der Waals surface area contributed by atoms with E-state index in [4.69, 9.17) is 16.6 Å². The number of hydrogen-bond acceptors (Lipinski definition) is 5. The van der Waals surface area contributed by atoms with Crippen LogP contribution in [-0.4, -0.2) is 65.5 Å². The van der Waals surface area contributed by atoms with Gasteiger partial charge in [-0.15, -0.1) is 0 Å². The second-order valence-electron chi connectivity index (χ2n) is 9.97. The molecule has 10 heteroatoms. The second kappa shape index (κ2) is 11.1. The summed E-state index contributed by atoms with van der Waals surface area (Å²) in [7, 11) is 0. The van der Waals surface area contributed by atoms with Crippen LogP contribution in [0.2, 0.25) is 5.02 Å². The summed E-state index contributed by atoms with van der Waals surface area (Å²) in [5.41, 5.74) is 5.02. The summed E-state index contributed by atoms with van der Waals surface area (Å²) in [6.45, 7) is 3.17. The van der Waals surface area contributed by atoms with Crippen LogP contribution >= 0.6 is 27.5 Å². The lowest BCUT2D eigenvalue weighted by Crippen LogP contribution is -2.85. The number of halogens is 2. The van der Waals surface area contributed by atoms with E-state index in [1.165, 1.54) is 16.7 Å². The maximum absolute atomic E-state index is 13.7. The number of carbonyl (C=O) groups excluding carboxylic acids is 2. The van der Waals surface area contributed by atoms with Gasteiger partial charge in [-0.2, -0.15) is 0 Å². The lowest BCUT2D eigenvalue weighted by Gasteiger charge is -2.42. The molecule has 2 fully saturated rings. The average Bonchev–Trinajstić information content (AvgIpc) is 3.04. The van der Waals surface area contributed by atoms with Gasteiger partial charge in [0.2, 0.25) is 5.91 Å². The van der Waals surface area contributed by atoms with Crippen LogP contribution in [-0.2, 0) is 17.6 Å². The molecule has 3 heterocycles. The van der Waals surface area contributed by atoms with Crippen molar-refractivity contribution >= 4 is 39.5 Å². The van der Waals surface area contributed by atoms with Gasteiger partial charge in [-0.3, -0.25) is 14.7 Å². The fourth-order valence-electron chi connectivity index (χ4n) is 6.00. The zero-order valence-corrected chi connectivity index (χ0v) is 22.4. The molecule has 0 radical (unpaired) electrons. The van der Waals surface area contributed by atoms with E-state index in [9.17, 15) is 14.8 Å². The highest BCUT2D eigenvalue weighted by molar-refractivity contribution is 9.10. The first-order valence-corrected chi connectivity index (χ1v) is 13.8. The van der Waals surface area contributed by atoms with Crippen molar-refractivity contribution in [3.63, 3.8) is 0 Å². The molecule has 2 saturated heterocycles. The van der Waals surface area contributed by atoms with E-state index >= 15 is 0 Å². The maximum atomic E-state index is 13.7. The van der Waals surface area contributed by atoms with Gasteiger partial charge in [-0.1, -0.05) is 17.7 Å². The minimum Gasteiger partial charge on any atom is -0.627 e. The van der Waals surface area contributed by atoms with E-state index in [0.717, 1.165) is 47.4 Å². The third kappa shape index (κ3) is 5.31. The number of hydrogen-bond donors (Lipinski definition) is 2. The van der Waals surface area contributed by atoms with Crippen molar-refractivity contribution in [1.29, 1.82) is 0 Å². The molecule has 192 valence electrons. The van der Waals surface area contributed by atoms with E-state index in [1.54, 1.807) is 4.90 Å². The van der Waals surface area contributed by atoms with E-state index in [0.29, 0.717) is 38.1 Å². The molecule has 1 aromatic heterocycles. The number of urea groups is 1. The number of nitrogens with two attached hydrogens (primary N) is 1. The molecule has 2 atom stereocenters. The average molecular weight is 577 g/mol. The first kappa shape index (κ1) is 25.6. The number of amides is 3. The molecular formula is C26H31BrClN5O3. The second-order valence-corrected chi connectivity index (χ2v) is 11.3. The van der Waals surface area contributed by atoms with Gasteiger partial charge >= 0.3 is 6.03 Å². The van der Waals surface area contributed by atoms with E-state index in [2.05, 4.69) is 44.3 Å². The summed E-state index contributed by atoms with van der Waals surface area (Å²) < 4.78 is 0.957. The number of piperazine rings is 1. The van der Waals surface area contributed by atoms with E-state index in [1.807, 2.05) is 12.3 Å². The topological polar surface area (TPSA) is 105 Å². The van der Waals surface area contributed by atoms with Gasteiger partial charge in [0.25, 0.3) is 0 Å². The van der Waals surface area contributed by atoms with Crippen LogP contribution in [0.3, 0.4) is 0 Å². The molecule has 1 aliphatic carbocycles. The smallest absolute Gasteiger partial charge is 0.415 e. The van der Waals surface area contributed by atoms with Crippen molar-refractivity contribution in [1.82, 2.24) is 20.1 Å². The SMILES string of the molecule is O=C([NH2+][O-])N1CCC(CC(=O)N2CCNCC2C2c3ccc(Cl)cc3CCc3cc(Br)cnc32)CC1. The number of likely N-dealkylation sites (tertiary alicyclic amines) is 1. The highest BCUT2D eigenvalue weighted by Crippen LogP contribution is 2.39. The zero-order valence-electron chi connectivity index (χ0n) is 20.1. The van der Waals surface area contributed by atoms with Crippen LogP contribution < -0.4 is 10.8 Å². The van der Waals surface area contributed by atoms with Crippen LogP contribution in [0.1, 0.15) is 47.6 Å². The largest absolute Gasteiger partial charge is 0.627 e. The number of aromatic nitrogens is 1. The number of nitrogens with zero attached hydrogens (tertiary/aromatic N) is 3. The van der Waals surface area contributed by atoms with Crippen molar-refractivity contribution in [2.75, 3.05) is 32.7 Å².